The number of aliphatic hydroxyl groups excluding tert-OH is 1. The van der Waals surface area contributed by atoms with Crippen LogP contribution in [-0.2, 0) is 6.61 Å². The first-order valence-electron chi connectivity index (χ1n) is 8.76. The number of benzene rings is 2. The Morgan fingerprint density at radius 2 is 1.81 bits per heavy atom. The molecule has 4 N–H and O–H groups in total. The van der Waals surface area contributed by atoms with Gasteiger partial charge in [0.05, 0.1) is 12.3 Å². The normalized spacial score (nSPS) is 17.7. The molecule has 1 aliphatic carbocycles. The lowest BCUT2D eigenvalue weighted by Gasteiger charge is -2.38. The average Bonchev–Trinajstić information content (AvgIpc) is 2.63. The van der Waals surface area contributed by atoms with Crippen LogP contribution in [0.25, 0.3) is 5.57 Å². The standard InChI is InChI=1S/C22H22N2OSi/c1-26(2)20-11-15(23)7-9-18(20)22(17-6-4-3-5-14(17)13-25)19-10-8-16(24)12-21(19)26/h3-12,23,25H,13,24H2,1-2H3. The molecule has 0 saturated carbocycles. The molecule has 3 nitrogen and oxygen atoms in total. The van der Waals surface area contributed by atoms with E-state index >= 15 is 0 Å². The van der Waals surface area contributed by atoms with Crippen molar-refractivity contribution in [3.63, 3.8) is 0 Å². The number of hydrogen-bond donors (Lipinski definition) is 3. The van der Waals surface area contributed by atoms with Crippen molar-refractivity contribution >= 4 is 30.2 Å². The third kappa shape index (κ3) is 2.42. The van der Waals surface area contributed by atoms with Crippen molar-refractivity contribution in [2.75, 3.05) is 5.73 Å². The van der Waals surface area contributed by atoms with Crippen LogP contribution < -0.4 is 10.9 Å². The zero-order valence-electron chi connectivity index (χ0n) is 15.0. The molecule has 2 aromatic rings. The Morgan fingerprint density at radius 3 is 2.58 bits per heavy atom. The van der Waals surface area contributed by atoms with Gasteiger partial charge in [0.1, 0.15) is 8.07 Å². The molecule has 0 unspecified atom stereocenters. The van der Waals surface area contributed by atoms with Crippen molar-refractivity contribution in [1.29, 1.82) is 5.41 Å². The predicted octanol–water partition coefficient (Wildman–Crippen LogP) is 3.55. The van der Waals surface area contributed by atoms with E-state index in [9.17, 15) is 5.11 Å². The summed E-state index contributed by atoms with van der Waals surface area (Å²) in [6.07, 6.45) is 5.93. The van der Waals surface area contributed by atoms with Crippen LogP contribution in [0.2, 0.25) is 13.1 Å². The van der Waals surface area contributed by atoms with E-state index in [1.54, 1.807) is 0 Å². The number of anilines is 1. The Bertz CT molecular complexity index is 1030. The first-order chi connectivity index (χ1) is 12.4. The van der Waals surface area contributed by atoms with Gasteiger partial charge in [0.25, 0.3) is 0 Å². The third-order valence-electron chi connectivity index (χ3n) is 5.41. The van der Waals surface area contributed by atoms with Crippen LogP contribution in [0.5, 0.6) is 0 Å². The highest BCUT2D eigenvalue weighted by Crippen LogP contribution is 2.42. The Hall–Kier alpha value is -2.69. The highest BCUT2D eigenvalue weighted by molar-refractivity contribution is 6.98. The fourth-order valence-corrected chi connectivity index (χ4v) is 7.16. The van der Waals surface area contributed by atoms with Gasteiger partial charge in [-0.1, -0.05) is 49.5 Å². The van der Waals surface area contributed by atoms with Crippen LogP contribution >= 0.6 is 0 Å². The Morgan fingerprint density at radius 1 is 1.04 bits per heavy atom. The summed E-state index contributed by atoms with van der Waals surface area (Å²) in [5.74, 6) is 0. The molecule has 4 heteroatoms. The van der Waals surface area contributed by atoms with Crippen molar-refractivity contribution < 1.29 is 5.11 Å². The quantitative estimate of drug-likeness (QED) is 0.567. The van der Waals surface area contributed by atoms with Crippen molar-refractivity contribution in [1.82, 2.24) is 0 Å². The molecular weight excluding hydrogens is 336 g/mol. The molecule has 130 valence electrons. The average molecular weight is 359 g/mol. The minimum Gasteiger partial charge on any atom is -0.399 e. The molecule has 0 saturated heterocycles. The molecule has 0 fully saturated rings. The summed E-state index contributed by atoms with van der Waals surface area (Å²) in [6, 6.07) is 14.2. The number of allylic oxidation sites excluding steroid dienone is 5. The van der Waals surface area contributed by atoms with E-state index in [0.29, 0.717) is 5.71 Å². The Labute approximate surface area is 154 Å². The number of aliphatic hydroxyl groups is 1. The van der Waals surface area contributed by atoms with Crippen molar-refractivity contribution in [3.05, 3.63) is 88.2 Å². The maximum absolute atomic E-state index is 9.88. The fraction of sp³-hybridized carbons (Fsp3) is 0.136. The number of fused-ring (bicyclic) bond motifs is 2. The molecule has 0 radical (unpaired) electrons. The topological polar surface area (TPSA) is 70.1 Å². The molecule has 0 aromatic heterocycles. The maximum Gasteiger partial charge on any atom is 0.114 e. The van der Waals surface area contributed by atoms with E-state index in [4.69, 9.17) is 11.1 Å². The van der Waals surface area contributed by atoms with Gasteiger partial charge >= 0.3 is 0 Å². The lowest BCUT2D eigenvalue weighted by Crippen LogP contribution is -2.49. The molecule has 4 rings (SSSR count). The molecule has 2 aromatic carbocycles. The van der Waals surface area contributed by atoms with Gasteiger partial charge in [-0.15, -0.1) is 0 Å². The number of nitrogens with two attached hydrogens (primary N) is 1. The number of nitrogen functional groups attached to an aromatic ring is 1. The molecule has 0 spiro atoms. The van der Waals surface area contributed by atoms with E-state index < -0.39 is 8.07 Å². The van der Waals surface area contributed by atoms with Crippen molar-refractivity contribution in [2.24, 2.45) is 0 Å². The van der Waals surface area contributed by atoms with Gasteiger partial charge in [-0.25, -0.2) is 0 Å². The summed E-state index contributed by atoms with van der Waals surface area (Å²) in [4.78, 5) is 0. The minimum atomic E-state index is -1.98. The van der Waals surface area contributed by atoms with E-state index in [-0.39, 0.29) is 6.61 Å². The highest BCUT2D eigenvalue weighted by Gasteiger charge is 2.39. The largest absolute Gasteiger partial charge is 0.399 e. The SMILES string of the molecule is C[Si]1(C)C2=CC(=N)C=CC2=C(c2ccccc2CO)c2ccc(N)cc21. The van der Waals surface area contributed by atoms with E-state index in [1.165, 1.54) is 21.5 Å². The summed E-state index contributed by atoms with van der Waals surface area (Å²) in [6.45, 7) is 4.63. The van der Waals surface area contributed by atoms with Gasteiger partial charge < -0.3 is 16.2 Å². The number of hydrogen-bond acceptors (Lipinski definition) is 3. The van der Waals surface area contributed by atoms with Gasteiger partial charge in [-0.2, -0.15) is 0 Å². The first kappa shape index (κ1) is 16.8. The van der Waals surface area contributed by atoms with E-state index in [2.05, 4.69) is 37.4 Å². The highest BCUT2D eigenvalue weighted by atomic mass is 28.3. The monoisotopic (exact) mass is 358 g/mol. The van der Waals surface area contributed by atoms with Crippen LogP contribution in [0.3, 0.4) is 0 Å². The molecule has 1 heterocycles. The lowest BCUT2D eigenvalue weighted by atomic mass is 9.87. The van der Waals surface area contributed by atoms with Gasteiger partial charge in [-0.3, -0.25) is 0 Å². The molecule has 0 atom stereocenters. The molecule has 0 bridgehead atoms. The van der Waals surface area contributed by atoms with Crippen LogP contribution in [0, 0.1) is 5.41 Å². The Kier molecular flexibility index (Phi) is 3.83. The predicted molar refractivity (Wildman–Crippen MR) is 111 cm³/mol. The molecule has 2 aliphatic rings. The second-order valence-corrected chi connectivity index (χ2v) is 11.7. The molecule has 0 amide bonds. The van der Waals surface area contributed by atoms with Gasteiger partial charge in [0, 0.05) is 5.69 Å². The van der Waals surface area contributed by atoms with Gasteiger partial charge in [0.2, 0.25) is 0 Å². The summed E-state index contributed by atoms with van der Waals surface area (Å²) in [5.41, 5.74) is 12.9. The summed E-state index contributed by atoms with van der Waals surface area (Å²) < 4.78 is 0. The summed E-state index contributed by atoms with van der Waals surface area (Å²) in [7, 11) is -1.98. The minimum absolute atomic E-state index is 0.00331. The number of nitrogens with one attached hydrogen (secondary N) is 1. The fourth-order valence-electron chi connectivity index (χ4n) is 4.06. The van der Waals surface area contributed by atoms with Gasteiger partial charge in [-0.05, 0) is 62.5 Å². The zero-order valence-corrected chi connectivity index (χ0v) is 16.0. The van der Waals surface area contributed by atoms with Crippen molar-refractivity contribution in [2.45, 2.75) is 19.7 Å². The summed E-state index contributed by atoms with van der Waals surface area (Å²) in [5, 5.41) is 20.6. The molecule has 26 heavy (non-hydrogen) atoms. The molecule has 1 aliphatic heterocycles. The second-order valence-electron chi connectivity index (χ2n) is 7.38. The smallest absolute Gasteiger partial charge is 0.114 e. The number of rotatable bonds is 2. The van der Waals surface area contributed by atoms with Gasteiger partial charge in [0.15, 0.2) is 0 Å². The van der Waals surface area contributed by atoms with Crippen LogP contribution in [0.1, 0.15) is 16.7 Å². The summed E-state index contributed by atoms with van der Waals surface area (Å²) >= 11 is 0. The second kappa shape index (κ2) is 5.94. The lowest BCUT2D eigenvalue weighted by molar-refractivity contribution is 0.281. The molecular formula is C22H22N2OSi. The van der Waals surface area contributed by atoms with E-state index in [0.717, 1.165) is 22.4 Å². The maximum atomic E-state index is 9.88. The van der Waals surface area contributed by atoms with Crippen LogP contribution in [-0.4, -0.2) is 18.9 Å². The first-order valence-corrected chi connectivity index (χ1v) is 11.8. The Balaban J connectivity index is 2.13. The van der Waals surface area contributed by atoms with Crippen molar-refractivity contribution in [3.8, 4) is 0 Å². The van der Waals surface area contributed by atoms with Crippen LogP contribution in [0.4, 0.5) is 5.69 Å². The zero-order chi connectivity index (χ0) is 18.5. The van der Waals surface area contributed by atoms with Crippen LogP contribution in [0.15, 0.2) is 71.5 Å². The van der Waals surface area contributed by atoms with E-state index in [1.807, 2.05) is 36.4 Å². The third-order valence-corrected chi connectivity index (χ3v) is 8.93.